The normalized spacial score (nSPS) is 13.5. The lowest BCUT2D eigenvalue weighted by atomic mass is 10.1. The van der Waals surface area contributed by atoms with Gasteiger partial charge in [-0.3, -0.25) is 9.78 Å². The van der Waals surface area contributed by atoms with E-state index in [1.54, 1.807) is 38.1 Å². The Hall–Kier alpha value is -2.37. The van der Waals surface area contributed by atoms with E-state index in [0.717, 1.165) is 29.6 Å². The number of aldehydes is 1. The van der Waals surface area contributed by atoms with Crippen molar-refractivity contribution in [1.29, 1.82) is 0 Å². The molecule has 0 saturated heterocycles. The van der Waals surface area contributed by atoms with Crippen LogP contribution in [0.3, 0.4) is 0 Å². The van der Waals surface area contributed by atoms with Gasteiger partial charge in [0.05, 0.1) is 11.3 Å². The molecule has 1 aromatic heterocycles. The van der Waals surface area contributed by atoms with E-state index in [-0.39, 0.29) is 5.69 Å². The molecule has 1 rings (SSSR count). The lowest BCUT2D eigenvalue weighted by Gasteiger charge is -2.16. The molecular formula is C16H17F3N2O. The van der Waals surface area contributed by atoms with Crippen LogP contribution in [0.15, 0.2) is 47.8 Å². The first-order chi connectivity index (χ1) is 10.3. The van der Waals surface area contributed by atoms with Crippen LogP contribution in [0.4, 0.5) is 13.2 Å². The van der Waals surface area contributed by atoms with Gasteiger partial charge in [0.15, 0.2) is 0 Å². The van der Waals surface area contributed by atoms with Gasteiger partial charge in [0, 0.05) is 32.1 Å². The summed E-state index contributed by atoms with van der Waals surface area (Å²) in [5, 5.41) is 0. The first-order valence-electron chi connectivity index (χ1n) is 6.47. The van der Waals surface area contributed by atoms with Crippen molar-refractivity contribution in [2.24, 2.45) is 0 Å². The van der Waals surface area contributed by atoms with Gasteiger partial charge < -0.3 is 4.90 Å². The van der Waals surface area contributed by atoms with Crippen molar-refractivity contribution in [3.63, 3.8) is 0 Å². The molecule has 0 aliphatic heterocycles. The van der Waals surface area contributed by atoms with Crippen molar-refractivity contribution in [1.82, 2.24) is 9.88 Å². The molecule has 0 N–H and O–H groups in total. The van der Waals surface area contributed by atoms with Crippen LogP contribution >= 0.6 is 0 Å². The molecule has 0 amide bonds. The van der Waals surface area contributed by atoms with Crippen LogP contribution in [0.25, 0.3) is 6.08 Å². The highest BCUT2D eigenvalue weighted by Crippen LogP contribution is 2.29. The van der Waals surface area contributed by atoms with Gasteiger partial charge in [0.1, 0.15) is 6.29 Å². The third-order valence-electron chi connectivity index (χ3n) is 2.83. The minimum absolute atomic E-state index is 0.213. The molecule has 1 heterocycles. The van der Waals surface area contributed by atoms with E-state index in [9.17, 15) is 18.0 Å². The van der Waals surface area contributed by atoms with Crippen LogP contribution in [0, 0.1) is 0 Å². The Labute approximate surface area is 127 Å². The van der Waals surface area contributed by atoms with E-state index >= 15 is 0 Å². The summed E-state index contributed by atoms with van der Waals surface area (Å²) < 4.78 is 37.8. The van der Waals surface area contributed by atoms with Gasteiger partial charge in [-0.05, 0) is 30.7 Å². The summed E-state index contributed by atoms with van der Waals surface area (Å²) >= 11 is 0. The Balaban J connectivity index is 2.96. The molecule has 0 aromatic carbocycles. The number of hydrogen-bond acceptors (Lipinski definition) is 3. The largest absolute Gasteiger partial charge is 0.416 e. The number of rotatable bonds is 5. The highest BCUT2D eigenvalue weighted by atomic mass is 19.4. The summed E-state index contributed by atoms with van der Waals surface area (Å²) in [5.41, 5.74) is 0.999. The fourth-order valence-electron chi connectivity index (χ4n) is 1.79. The predicted octanol–water partition coefficient (Wildman–Crippen LogP) is 3.70. The van der Waals surface area contributed by atoms with Gasteiger partial charge in [0.25, 0.3) is 0 Å². The molecule has 22 heavy (non-hydrogen) atoms. The molecule has 0 aliphatic rings. The Morgan fingerprint density at radius 3 is 2.50 bits per heavy atom. The van der Waals surface area contributed by atoms with Gasteiger partial charge in [0.2, 0.25) is 0 Å². The minimum Gasteiger partial charge on any atom is -0.377 e. The Morgan fingerprint density at radius 2 is 1.95 bits per heavy atom. The molecule has 3 nitrogen and oxygen atoms in total. The number of allylic oxidation sites excluding steroid dienone is 4. The summed E-state index contributed by atoms with van der Waals surface area (Å²) in [7, 11) is 3.59. The minimum atomic E-state index is -4.39. The zero-order valence-electron chi connectivity index (χ0n) is 12.6. The quantitative estimate of drug-likeness (QED) is 0.472. The lowest BCUT2D eigenvalue weighted by Crippen LogP contribution is -2.12. The van der Waals surface area contributed by atoms with E-state index in [1.165, 1.54) is 12.2 Å². The standard InChI is InChI=1S/C16H17F3N2O/c1-12(15(8-10-22)21(2)3)5-4-6-14-11-13(7-9-20-14)16(17,18)19/h4-11H,1-3H3/b6-4+,12-5-,15-8+. The lowest BCUT2D eigenvalue weighted by molar-refractivity contribution is -0.137. The first-order valence-corrected chi connectivity index (χ1v) is 6.47. The SMILES string of the molecule is CC(=C/C=C/c1cc(C(F)(F)F)ccn1)/C(=C\C=O)N(C)C. The Morgan fingerprint density at radius 1 is 1.27 bits per heavy atom. The van der Waals surface area contributed by atoms with E-state index in [1.807, 2.05) is 0 Å². The smallest absolute Gasteiger partial charge is 0.377 e. The van der Waals surface area contributed by atoms with Crippen LogP contribution in [-0.4, -0.2) is 30.3 Å². The predicted molar refractivity (Wildman–Crippen MR) is 79.9 cm³/mol. The van der Waals surface area contributed by atoms with Gasteiger partial charge in [-0.1, -0.05) is 12.2 Å². The average Bonchev–Trinajstić information content (AvgIpc) is 2.43. The summed E-state index contributed by atoms with van der Waals surface area (Å²) in [4.78, 5) is 16.2. The van der Waals surface area contributed by atoms with Crippen molar-refractivity contribution >= 4 is 12.4 Å². The van der Waals surface area contributed by atoms with Crippen molar-refractivity contribution in [3.8, 4) is 0 Å². The van der Waals surface area contributed by atoms with Crippen LogP contribution in [0.5, 0.6) is 0 Å². The van der Waals surface area contributed by atoms with Crippen molar-refractivity contribution < 1.29 is 18.0 Å². The zero-order chi connectivity index (χ0) is 16.8. The second kappa shape index (κ2) is 7.59. The maximum atomic E-state index is 12.6. The van der Waals surface area contributed by atoms with Crippen LogP contribution < -0.4 is 0 Å². The average molecular weight is 310 g/mol. The fourth-order valence-corrected chi connectivity index (χ4v) is 1.79. The number of halogens is 3. The number of hydrogen-bond donors (Lipinski definition) is 0. The van der Waals surface area contributed by atoms with E-state index < -0.39 is 11.7 Å². The van der Waals surface area contributed by atoms with Crippen LogP contribution in [0.2, 0.25) is 0 Å². The number of carbonyl (C=O) groups excluding carboxylic acids is 1. The summed E-state index contributed by atoms with van der Waals surface area (Å²) in [5.74, 6) is 0. The summed E-state index contributed by atoms with van der Waals surface area (Å²) in [6, 6.07) is 1.91. The highest BCUT2D eigenvalue weighted by Gasteiger charge is 2.30. The number of aromatic nitrogens is 1. The van der Waals surface area contributed by atoms with Crippen molar-refractivity contribution in [2.45, 2.75) is 13.1 Å². The molecule has 0 radical (unpaired) electrons. The molecule has 6 heteroatoms. The molecule has 0 saturated carbocycles. The third-order valence-corrected chi connectivity index (χ3v) is 2.83. The van der Waals surface area contributed by atoms with Crippen LogP contribution in [-0.2, 0) is 11.0 Å². The molecule has 0 spiro atoms. The molecule has 0 atom stereocenters. The second-order valence-corrected chi connectivity index (χ2v) is 4.76. The zero-order valence-corrected chi connectivity index (χ0v) is 12.6. The molecule has 0 bridgehead atoms. The van der Waals surface area contributed by atoms with E-state index in [0.29, 0.717) is 6.29 Å². The van der Waals surface area contributed by atoms with E-state index in [2.05, 4.69) is 4.98 Å². The summed E-state index contributed by atoms with van der Waals surface area (Å²) in [6.07, 6.45) is 3.62. The van der Waals surface area contributed by atoms with Gasteiger partial charge in [-0.15, -0.1) is 0 Å². The van der Waals surface area contributed by atoms with Gasteiger partial charge >= 0.3 is 6.18 Å². The fraction of sp³-hybridized carbons (Fsp3) is 0.250. The Kier molecular flexibility index (Phi) is 6.10. The molecule has 1 aromatic rings. The topological polar surface area (TPSA) is 33.2 Å². The van der Waals surface area contributed by atoms with Crippen molar-refractivity contribution in [3.05, 3.63) is 59.1 Å². The van der Waals surface area contributed by atoms with Gasteiger partial charge in [-0.2, -0.15) is 13.2 Å². The second-order valence-electron chi connectivity index (χ2n) is 4.76. The molecule has 0 fully saturated rings. The maximum Gasteiger partial charge on any atom is 0.416 e. The maximum absolute atomic E-state index is 12.6. The van der Waals surface area contributed by atoms with Crippen molar-refractivity contribution in [2.75, 3.05) is 14.1 Å². The Bertz CT molecular complexity index is 614. The first kappa shape index (κ1) is 17.7. The van der Waals surface area contributed by atoms with Crippen LogP contribution in [0.1, 0.15) is 18.2 Å². The molecule has 118 valence electrons. The third kappa shape index (κ3) is 5.20. The number of nitrogens with zero attached hydrogens (tertiary/aromatic N) is 2. The summed E-state index contributed by atoms with van der Waals surface area (Å²) in [6.45, 7) is 1.80. The van der Waals surface area contributed by atoms with Gasteiger partial charge in [-0.25, -0.2) is 0 Å². The highest BCUT2D eigenvalue weighted by molar-refractivity contribution is 5.68. The number of alkyl halides is 3. The molecule has 0 unspecified atom stereocenters. The molecular weight excluding hydrogens is 293 g/mol. The number of likely N-dealkylation sites (N-methyl/N-ethyl adjacent to an activating group) is 1. The monoisotopic (exact) mass is 310 g/mol. The molecule has 0 aliphatic carbocycles. The van der Waals surface area contributed by atoms with E-state index in [4.69, 9.17) is 0 Å². The number of carbonyl (C=O) groups is 1. The number of pyridine rings is 1.